The number of carbonyl (C=O) groups is 3. The molecule has 0 radical (unpaired) electrons. The SMILES string of the molecule is CCOC(Cn1cc(C(=O)ON2C(=O)c3ccccc3C2=O)cn1)OCC. The minimum Gasteiger partial charge on any atom is -0.351 e. The van der Waals surface area contributed by atoms with Crippen molar-refractivity contribution in [2.24, 2.45) is 0 Å². The Labute approximate surface area is 155 Å². The zero-order chi connectivity index (χ0) is 19.4. The Bertz CT molecular complexity index is 821. The van der Waals surface area contributed by atoms with Crippen molar-refractivity contribution in [3.05, 3.63) is 53.3 Å². The molecule has 0 fully saturated rings. The minimum absolute atomic E-state index is 0.0957. The van der Waals surface area contributed by atoms with E-state index in [0.717, 1.165) is 0 Å². The van der Waals surface area contributed by atoms with Gasteiger partial charge in [0.05, 0.1) is 29.4 Å². The summed E-state index contributed by atoms with van der Waals surface area (Å²) >= 11 is 0. The van der Waals surface area contributed by atoms with Crippen molar-refractivity contribution >= 4 is 17.8 Å². The van der Waals surface area contributed by atoms with Gasteiger partial charge in [-0.1, -0.05) is 17.2 Å². The molecule has 0 unspecified atom stereocenters. The second kappa shape index (κ2) is 8.11. The summed E-state index contributed by atoms with van der Waals surface area (Å²) in [5.41, 5.74) is 0.489. The minimum atomic E-state index is -0.861. The van der Waals surface area contributed by atoms with Crippen molar-refractivity contribution in [2.75, 3.05) is 13.2 Å². The molecule has 1 aromatic carbocycles. The number of hydroxylamine groups is 2. The fourth-order valence-electron chi connectivity index (χ4n) is 2.63. The molecule has 0 spiro atoms. The maximum atomic E-state index is 12.3. The number of benzene rings is 1. The Morgan fingerprint density at radius 2 is 1.67 bits per heavy atom. The lowest BCUT2D eigenvalue weighted by molar-refractivity contribution is -0.144. The fourth-order valence-corrected chi connectivity index (χ4v) is 2.63. The molecule has 0 N–H and O–H groups in total. The first kappa shape index (κ1) is 18.7. The molecule has 2 heterocycles. The van der Waals surface area contributed by atoms with E-state index in [1.54, 1.807) is 12.1 Å². The van der Waals surface area contributed by atoms with Crippen LogP contribution in [0.4, 0.5) is 0 Å². The third-order valence-corrected chi connectivity index (χ3v) is 3.84. The molecule has 9 heteroatoms. The third kappa shape index (κ3) is 3.88. The Morgan fingerprint density at radius 1 is 1.07 bits per heavy atom. The van der Waals surface area contributed by atoms with Gasteiger partial charge in [-0.15, -0.1) is 0 Å². The summed E-state index contributed by atoms with van der Waals surface area (Å²) in [5, 5.41) is 4.53. The van der Waals surface area contributed by atoms with E-state index in [1.165, 1.54) is 29.2 Å². The van der Waals surface area contributed by atoms with E-state index >= 15 is 0 Å². The first-order chi connectivity index (χ1) is 13.0. The Hall–Kier alpha value is -3.04. The van der Waals surface area contributed by atoms with Gasteiger partial charge >= 0.3 is 5.97 Å². The van der Waals surface area contributed by atoms with Crippen LogP contribution in [-0.4, -0.2) is 52.1 Å². The fraction of sp³-hybridized carbons (Fsp3) is 0.333. The zero-order valence-corrected chi connectivity index (χ0v) is 15.0. The van der Waals surface area contributed by atoms with Crippen molar-refractivity contribution in [3.63, 3.8) is 0 Å². The number of hydrogen-bond acceptors (Lipinski definition) is 7. The number of aromatic nitrogens is 2. The van der Waals surface area contributed by atoms with E-state index < -0.39 is 24.1 Å². The first-order valence-corrected chi connectivity index (χ1v) is 8.50. The smallest absolute Gasteiger partial charge is 0.351 e. The van der Waals surface area contributed by atoms with E-state index in [-0.39, 0.29) is 23.2 Å². The molecular formula is C18H19N3O6. The highest BCUT2D eigenvalue weighted by Gasteiger charge is 2.38. The third-order valence-electron chi connectivity index (χ3n) is 3.84. The van der Waals surface area contributed by atoms with Gasteiger partial charge in [0.2, 0.25) is 0 Å². The van der Waals surface area contributed by atoms with Crippen LogP contribution in [0.3, 0.4) is 0 Å². The lowest BCUT2D eigenvalue weighted by Gasteiger charge is -2.16. The van der Waals surface area contributed by atoms with Crippen LogP contribution in [0.15, 0.2) is 36.7 Å². The van der Waals surface area contributed by atoms with Gasteiger partial charge < -0.3 is 14.3 Å². The van der Waals surface area contributed by atoms with Crippen LogP contribution in [0.1, 0.15) is 44.9 Å². The number of fused-ring (bicyclic) bond motifs is 1. The normalized spacial score (nSPS) is 13.4. The van der Waals surface area contributed by atoms with Crippen molar-refractivity contribution in [3.8, 4) is 0 Å². The molecule has 3 rings (SSSR count). The van der Waals surface area contributed by atoms with Crippen LogP contribution < -0.4 is 0 Å². The maximum Gasteiger partial charge on any atom is 0.367 e. The second-order valence-corrected chi connectivity index (χ2v) is 5.62. The average molecular weight is 373 g/mol. The van der Waals surface area contributed by atoms with E-state index in [4.69, 9.17) is 14.3 Å². The highest BCUT2D eigenvalue weighted by atomic mass is 16.7. The molecule has 0 saturated heterocycles. The predicted octanol–water partition coefficient (Wildman–Crippen LogP) is 1.65. The van der Waals surface area contributed by atoms with Crippen molar-refractivity contribution in [1.82, 2.24) is 14.8 Å². The molecular weight excluding hydrogens is 354 g/mol. The molecule has 1 aliphatic heterocycles. The number of amides is 2. The standard InChI is InChI=1S/C18H19N3O6/c1-3-25-15(26-4-2)11-20-10-12(9-19-20)18(24)27-21-16(22)13-7-5-6-8-14(13)17(21)23/h5-10,15H,3-4,11H2,1-2H3. The molecule has 142 valence electrons. The molecule has 1 aromatic heterocycles. The lowest BCUT2D eigenvalue weighted by atomic mass is 10.1. The molecule has 27 heavy (non-hydrogen) atoms. The van der Waals surface area contributed by atoms with Gasteiger partial charge in [0.1, 0.15) is 0 Å². The largest absolute Gasteiger partial charge is 0.367 e. The summed E-state index contributed by atoms with van der Waals surface area (Å²) in [4.78, 5) is 41.8. The summed E-state index contributed by atoms with van der Waals surface area (Å²) in [6.07, 6.45) is 2.22. The Morgan fingerprint density at radius 3 is 2.22 bits per heavy atom. The van der Waals surface area contributed by atoms with Crippen LogP contribution in [-0.2, 0) is 20.9 Å². The van der Waals surface area contributed by atoms with Crippen molar-refractivity contribution in [1.29, 1.82) is 0 Å². The monoisotopic (exact) mass is 373 g/mol. The van der Waals surface area contributed by atoms with Gasteiger partial charge in [-0.3, -0.25) is 14.3 Å². The van der Waals surface area contributed by atoms with Crippen molar-refractivity contribution < 1.29 is 28.7 Å². The van der Waals surface area contributed by atoms with Gasteiger partial charge in [-0.2, -0.15) is 5.10 Å². The van der Waals surface area contributed by atoms with Crippen LogP contribution in [0.2, 0.25) is 0 Å². The lowest BCUT2D eigenvalue weighted by Crippen LogP contribution is -2.32. The van der Waals surface area contributed by atoms with E-state index in [9.17, 15) is 14.4 Å². The van der Waals surface area contributed by atoms with Crippen molar-refractivity contribution in [2.45, 2.75) is 26.7 Å². The number of hydrogen-bond donors (Lipinski definition) is 0. The molecule has 9 nitrogen and oxygen atoms in total. The Kier molecular flexibility index (Phi) is 5.63. The number of imide groups is 1. The summed E-state index contributed by atoms with van der Waals surface area (Å²) in [5.74, 6) is -2.21. The summed E-state index contributed by atoms with van der Waals surface area (Å²) in [6.45, 7) is 4.92. The van der Waals surface area contributed by atoms with Crippen LogP contribution in [0.5, 0.6) is 0 Å². The topological polar surface area (TPSA) is 100.0 Å². The molecule has 0 aliphatic carbocycles. The van der Waals surface area contributed by atoms with Gasteiger partial charge in [-0.25, -0.2) is 4.79 Å². The van der Waals surface area contributed by atoms with E-state index in [2.05, 4.69) is 5.10 Å². The molecule has 2 aromatic rings. The summed E-state index contributed by atoms with van der Waals surface area (Å²) in [7, 11) is 0. The molecule has 2 amide bonds. The predicted molar refractivity (Wildman–Crippen MR) is 91.6 cm³/mol. The van der Waals surface area contributed by atoms with Gasteiger partial charge in [0.15, 0.2) is 6.29 Å². The average Bonchev–Trinajstić information content (AvgIpc) is 3.22. The maximum absolute atomic E-state index is 12.3. The first-order valence-electron chi connectivity index (χ1n) is 8.50. The molecule has 0 bridgehead atoms. The van der Waals surface area contributed by atoms with Gasteiger partial charge in [-0.05, 0) is 26.0 Å². The number of rotatable bonds is 8. The van der Waals surface area contributed by atoms with Crippen LogP contribution in [0.25, 0.3) is 0 Å². The number of ether oxygens (including phenoxy) is 2. The molecule has 0 saturated carbocycles. The Balaban J connectivity index is 1.67. The molecule has 1 aliphatic rings. The summed E-state index contributed by atoms with van der Waals surface area (Å²) < 4.78 is 12.3. The van der Waals surface area contributed by atoms with Gasteiger partial charge in [0.25, 0.3) is 11.8 Å². The van der Waals surface area contributed by atoms with Crippen LogP contribution >= 0.6 is 0 Å². The van der Waals surface area contributed by atoms with E-state index in [0.29, 0.717) is 18.3 Å². The van der Waals surface area contributed by atoms with E-state index in [1.807, 2.05) is 13.8 Å². The summed E-state index contributed by atoms with van der Waals surface area (Å²) in [6, 6.07) is 6.27. The van der Waals surface area contributed by atoms with Gasteiger partial charge in [0, 0.05) is 19.4 Å². The quantitative estimate of drug-likeness (QED) is 0.512. The molecule has 0 atom stereocenters. The number of nitrogens with zero attached hydrogens (tertiary/aromatic N) is 3. The highest BCUT2D eigenvalue weighted by Crippen LogP contribution is 2.23. The highest BCUT2D eigenvalue weighted by molar-refractivity contribution is 6.21. The van der Waals surface area contributed by atoms with Crippen LogP contribution in [0, 0.1) is 0 Å². The second-order valence-electron chi connectivity index (χ2n) is 5.62. The zero-order valence-electron chi connectivity index (χ0n) is 15.0. The number of carbonyl (C=O) groups excluding carboxylic acids is 3.